The van der Waals surface area contributed by atoms with Gasteiger partial charge in [-0.3, -0.25) is 4.68 Å². The lowest BCUT2D eigenvalue weighted by Crippen LogP contribution is -2.14. The molecule has 1 aromatic rings. The minimum atomic E-state index is 0.107. The Morgan fingerprint density at radius 2 is 2.31 bits per heavy atom. The van der Waals surface area contributed by atoms with Crippen molar-refractivity contribution in [3.8, 4) is 0 Å². The number of hydrogen-bond acceptors (Lipinski definition) is 3. The fourth-order valence-electron chi connectivity index (χ4n) is 2.49. The third-order valence-electron chi connectivity index (χ3n) is 3.44. The zero-order valence-electron chi connectivity index (χ0n) is 10.4. The lowest BCUT2D eigenvalue weighted by Gasteiger charge is -2.13. The van der Waals surface area contributed by atoms with Crippen LogP contribution in [0.4, 0.5) is 0 Å². The molecule has 16 heavy (non-hydrogen) atoms. The molecule has 0 aromatic carbocycles. The maximum Gasteiger partial charge on any atom is 0.0777 e. The van der Waals surface area contributed by atoms with Gasteiger partial charge in [0.2, 0.25) is 0 Å². The van der Waals surface area contributed by atoms with Crippen molar-refractivity contribution in [3.05, 3.63) is 17.0 Å². The summed E-state index contributed by atoms with van der Waals surface area (Å²) in [7, 11) is 0. The number of aromatic nitrogens is 2. The van der Waals surface area contributed by atoms with Gasteiger partial charge in [-0.25, -0.2) is 0 Å². The van der Waals surface area contributed by atoms with Crippen LogP contribution in [0, 0.1) is 13.8 Å². The lowest BCUT2D eigenvalue weighted by molar-refractivity contribution is 0.184. The minimum absolute atomic E-state index is 0.107. The normalized spacial score (nSPS) is 22.6. The number of nitrogens with two attached hydrogens (primary N) is 1. The van der Waals surface area contributed by atoms with Crippen LogP contribution in [-0.4, -0.2) is 23.0 Å². The summed E-state index contributed by atoms with van der Waals surface area (Å²) in [6.45, 7) is 7.90. The zero-order chi connectivity index (χ0) is 11.7. The molecular formula is C12H21N3O. The number of rotatable bonds is 3. The second-order valence-corrected chi connectivity index (χ2v) is 4.56. The second kappa shape index (κ2) is 4.55. The number of ether oxygens (including phenoxy) is 1. The predicted octanol–water partition coefficient (Wildman–Crippen LogP) is 1.87. The number of aryl methyl sites for hydroxylation is 1. The molecule has 1 fully saturated rings. The number of nitrogens with zero attached hydrogens (tertiary/aromatic N) is 2. The quantitative estimate of drug-likeness (QED) is 0.851. The third kappa shape index (κ3) is 1.87. The van der Waals surface area contributed by atoms with Crippen LogP contribution in [0.5, 0.6) is 0 Å². The lowest BCUT2D eigenvalue weighted by atomic mass is 10.0. The molecule has 2 rings (SSSR count). The number of hydrogen-bond donors (Lipinski definition) is 1. The molecule has 0 amide bonds. The summed E-state index contributed by atoms with van der Waals surface area (Å²) in [5.74, 6) is 0. The van der Waals surface area contributed by atoms with Gasteiger partial charge in [0.15, 0.2) is 0 Å². The van der Waals surface area contributed by atoms with Gasteiger partial charge < -0.3 is 10.5 Å². The summed E-state index contributed by atoms with van der Waals surface area (Å²) in [5, 5.41) is 4.62. The maximum atomic E-state index is 6.12. The van der Waals surface area contributed by atoms with Gasteiger partial charge in [-0.2, -0.15) is 5.10 Å². The smallest absolute Gasteiger partial charge is 0.0777 e. The Hall–Kier alpha value is -0.870. The van der Waals surface area contributed by atoms with E-state index < -0.39 is 0 Å². The van der Waals surface area contributed by atoms with E-state index in [9.17, 15) is 0 Å². The molecule has 2 heterocycles. The molecule has 4 nitrogen and oxygen atoms in total. The van der Waals surface area contributed by atoms with E-state index in [1.807, 2.05) is 6.92 Å². The van der Waals surface area contributed by atoms with Crippen LogP contribution in [-0.2, 0) is 4.74 Å². The molecule has 0 spiro atoms. The van der Waals surface area contributed by atoms with Crippen molar-refractivity contribution in [2.45, 2.75) is 45.7 Å². The molecule has 0 saturated carbocycles. The van der Waals surface area contributed by atoms with E-state index in [2.05, 4.69) is 23.6 Å². The van der Waals surface area contributed by atoms with E-state index in [0.29, 0.717) is 6.04 Å². The van der Waals surface area contributed by atoms with E-state index in [1.165, 1.54) is 11.3 Å². The van der Waals surface area contributed by atoms with Gasteiger partial charge in [-0.1, -0.05) is 6.92 Å². The highest BCUT2D eigenvalue weighted by Crippen LogP contribution is 2.27. The van der Waals surface area contributed by atoms with Crippen molar-refractivity contribution in [1.82, 2.24) is 9.78 Å². The van der Waals surface area contributed by atoms with Crippen LogP contribution in [0.1, 0.15) is 48.8 Å². The summed E-state index contributed by atoms with van der Waals surface area (Å²) in [5.41, 5.74) is 9.62. The third-order valence-corrected chi connectivity index (χ3v) is 3.44. The molecule has 2 N–H and O–H groups in total. The molecule has 1 aliphatic rings. The summed E-state index contributed by atoms with van der Waals surface area (Å²) in [6, 6.07) is 0.507. The van der Waals surface area contributed by atoms with Crippen molar-refractivity contribution < 1.29 is 4.74 Å². The fourth-order valence-corrected chi connectivity index (χ4v) is 2.49. The van der Waals surface area contributed by atoms with Crippen LogP contribution in [0.3, 0.4) is 0 Å². The highest BCUT2D eigenvalue weighted by Gasteiger charge is 2.24. The Kier molecular flexibility index (Phi) is 3.30. The maximum absolute atomic E-state index is 6.12. The van der Waals surface area contributed by atoms with Gasteiger partial charge in [-0.15, -0.1) is 0 Å². The van der Waals surface area contributed by atoms with Crippen molar-refractivity contribution in [2.24, 2.45) is 5.73 Å². The van der Waals surface area contributed by atoms with E-state index in [1.54, 1.807) is 0 Å². The molecule has 0 aliphatic carbocycles. The molecule has 0 radical (unpaired) electrons. The van der Waals surface area contributed by atoms with Gasteiger partial charge in [-0.05, 0) is 26.7 Å². The van der Waals surface area contributed by atoms with Crippen LogP contribution in [0.15, 0.2) is 0 Å². The molecule has 1 aliphatic heterocycles. The van der Waals surface area contributed by atoms with E-state index in [0.717, 1.165) is 31.7 Å². The predicted molar refractivity (Wildman–Crippen MR) is 63.4 cm³/mol. The molecular weight excluding hydrogens is 202 g/mol. The summed E-state index contributed by atoms with van der Waals surface area (Å²) in [4.78, 5) is 0. The first-order valence-corrected chi connectivity index (χ1v) is 6.04. The summed E-state index contributed by atoms with van der Waals surface area (Å²) in [6.07, 6.45) is 2.01. The molecule has 1 aromatic heterocycles. The molecule has 4 heteroatoms. The molecule has 1 saturated heterocycles. The second-order valence-electron chi connectivity index (χ2n) is 4.56. The monoisotopic (exact) mass is 223 g/mol. The van der Waals surface area contributed by atoms with Crippen molar-refractivity contribution >= 4 is 0 Å². The van der Waals surface area contributed by atoms with E-state index in [-0.39, 0.29) is 6.04 Å². The molecule has 2 unspecified atom stereocenters. The Morgan fingerprint density at radius 3 is 2.88 bits per heavy atom. The van der Waals surface area contributed by atoms with Gasteiger partial charge in [0, 0.05) is 23.9 Å². The highest BCUT2D eigenvalue weighted by atomic mass is 16.5. The largest absolute Gasteiger partial charge is 0.379 e. The summed E-state index contributed by atoms with van der Waals surface area (Å²) < 4.78 is 7.51. The average molecular weight is 223 g/mol. The van der Waals surface area contributed by atoms with Crippen LogP contribution in [0.25, 0.3) is 0 Å². The molecule has 90 valence electrons. The first-order valence-electron chi connectivity index (χ1n) is 6.04. The van der Waals surface area contributed by atoms with Gasteiger partial charge in [0.1, 0.15) is 0 Å². The van der Waals surface area contributed by atoms with Crippen molar-refractivity contribution in [3.63, 3.8) is 0 Å². The first-order chi connectivity index (χ1) is 7.65. The Balaban J connectivity index is 2.33. The first kappa shape index (κ1) is 11.6. The minimum Gasteiger partial charge on any atom is -0.379 e. The van der Waals surface area contributed by atoms with Crippen LogP contribution >= 0.6 is 0 Å². The topological polar surface area (TPSA) is 53.1 Å². The van der Waals surface area contributed by atoms with Crippen LogP contribution in [0.2, 0.25) is 0 Å². The van der Waals surface area contributed by atoms with Gasteiger partial charge >= 0.3 is 0 Å². The average Bonchev–Trinajstić information content (AvgIpc) is 2.86. The highest BCUT2D eigenvalue weighted by molar-refractivity contribution is 5.28. The zero-order valence-corrected chi connectivity index (χ0v) is 10.4. The van der Waals surface area contributed by atoms with Crippen molar-refractivity contribution in [1.29, 1.82) is 0 Å². The fraction of sp³-hybridized carbons (Fsp3) is 0.750. The van der Waals surface area contributed by atoms with Crippen LogP contribution < -0.4 is 5.73 Å². The van der Waals surface area contributed by atoms with E-state index in [4.69, 9.17) is 10.5 Å². The standard InChI is InChI=1S/C12H21N3O/c1-4-11(13)12-8(2)14-15(9(12)3)10-5-6-16-7-10/h10-11H,4-7,13H2,1-3H3. The summed E-state index contributed by atoms with van der Waals surface area (Å²) >= 11 is 0. The van der Waals surface area contributed by atoms with Gasteiger partial charge in [0.25, 0.3) is 0 Å². The Labute approximate surface area is 96.8 Å². The van der Waals surface area contributed by atoms with E-state index >= 15 is 0 Å². The SMILES string of the molecule is CCC(N)c1c(C)nn(C2CCOC2)c1C. The Morgan fingerprint density at radius 1 is 1.56 bits per heavy atom. The molecule has 0 bridgehead atoms. The van der Waals surface area contributed by atoms with Gasteiger partial charge in [0.05, 0.1) is 18.3 Å². The molecule has 2 atom stereocenters. The Bertz CT molecular complexity index is 367. The van der Waals surface area contributed by atoms with Crippen molar-refractivity contribution in [2.75, 3.05) is 13.2 Å².